The fourth-order valence-corrected chi connectivity index (χ4v) is 2.30. The van der Waals surface area contributed by atoms with Gasteiger partial charge in [-0.15, -0.1) is 0 Å². The number of halogens is 2. The zero-order chi connectivity index (χ0) is 16.8. The van der Waals surface area contributed by atoms with Gasteiger partial charge in [-0.25, -0.2) is 4.39 Å². The minimum atomic E-state index is -0.524. The Labute approximate surface area is 138 Å². The van der Waals surface area contributed by atoms with Crippen molar-refractivity contribution in [2.75, 3.05) is 11.9 Å². The molecule has 23 heavy (non-hydrogen) atoms. The third kappa shape index (κ3) is 4.53. The highest BCUT2D eigenvalue weighted by atomic mass is 35.5. The summed E-state index contributed by atoms with van der Waals surface area (Å²) in [5.41, 5.74) is 1.05. The van der Waals surface area contributed by atoms with Crippen molar-refractivity contribution in [3.05, 3.63) is 64.4 Å². The molecule has 0 bridgehead atoms. The van der Waals surface area contributed by atoms with Crippen LogP contribution in [0.3, 0.4) is 0 Å². The number of rotatable bonds is 5. The zero-order valence-electron chi connectivity index (χ0n) is 12.5. The van der Waals surface area contributed by atoms with E-state index in [0.29, 0.717) is 17.8 Å². The van der Waals surface area contributed by atoms with E-state index in [0.717, 1.165) is 0 Å². The summed E-state index contributed by atoms with van der Waals surface area (Å²) in [6, 6.07) is 10.8. The second-order valence-electron chi connectivity index (χ2n) is 4.87. The lowest BCUT2D eigenvalue weighted by Gasteiger charge is -2.09. The van der Waals surface area contributed by atoms with E-state index in [4.69, 9.17) is 11.6 Å². The normalized spacial score (nSPS) is 10.2. The van der Waals surface area contributed by atoms with Crippen LogP contribution >= 0.6 is 11.6 Å². The molecule has 0 unspecified atom stereocenters. The Hall–Kier alpha value is -2.40. The molecule has 0 atom stereocenters. The fraction of sp³-hybridized carbons (Fsp3) is 0.176. The van der Waals surface area contributed by atoms with Gasteiger partial charge in [0.2, 0.25) is 5.91 Å². The van der Waals surface area contributed by atoms with Gasteiger partial charge >= 0.3 is 0 Å². The molecular formula is C17H16ClFN2O2. The average Bonchev–Trinajstić information content (AvgIpc) is 2.51. The summed E-state index contributed by atoms with van der Waals surface area (Å²) in [5, 5.41) is 5.52. The summed E-state index contributed by atoms with van der Waals surface area (Å²) in [7, 11) is 0. The molecule has 4 nitrogen and oxygen atoms in total. The van der Waals surface area contributed by atoms with E-state index in [1.165, 1.54) is 18.2 Å². The Bertz CT molecular complexity index is 714. The topological polar surface area (TPSA) is 58.2 Å². The van der Waals surface area contributed by atoms with Gasteiger partial charge in [0.1, 0.15) is 5.82 Å². The molecule has 2 amide bonds. The molecule has 0 aliphatic heterocycles. The number of carbonyl (C=O) groups excluding carboxylic acids is 2. The molecule has 2 rings (SSSR count). The van der Waals surface area contributed by atoms with Crippen LogP contribution in [0, 0.1) is 5.82 Å². The summed E-state index contributed by atoms with van der Waals surface area (Å²) in [6.45, 7) is 2.34. The molecule has 120 valence electrons. The van der Waals surface area contributed by atoms with Gasteiger partial charge in [0.05, 0.1) is 6.42 Å². The number of benzene rings is 2. The van der Waals surface area contributed by atoms with Crippen LogP contribution in [0.4, 0.5) is 10.1 Å². The lowest BCUT2D eigenvalue weighted by atomic mass is 10.1. The van der Waals surface area contributed by atoms with Crippen LogP contribution in [0.2, 0.25) is 5.02 Å². The standard InChI is InChI=1S/C17H16ClFN2O2/c1-2-20-17(23)11-5-3-6-12(9-11)21-16(22)10-13-14(18)7-4-8-15(13)19/h3-9H,2,10H2,1H3,(H,20,23)(H,21,22). The van der Waals surface area contributed by atoms with Crippen LogP contribution in [0.1, 0.15) is 22.8 Å². The van der Waals surface area contributed by atoms with Gasteiger partial charge in [0.15, 0.2) is 0 Å². The van der Waals surface area contributed by atoms with Crippen molar-refractivity contribution in [3.63, 3.8) is 0 Å². The van der Waals surface area contributed by atoms with E-state index in [-0.39, 0.29) is 22.9 Å². The Morgan fingerprint density at radius 1 is 1.17 bits per heavy atom. The highest BCUT2D eigenvalue weighted by Gasteiger charge is 2.13. The van der Waals surface area contributed by atoms with Crippen LogP contribution in [0.5, 0.6) is 0 Å². The second-order valence-corrected chi connectivity index (χ2v) is 5.27. The monoisotopic (exact) mass is 334 g/mol. The summed E-state index contributed by atoms with van der Waals surface area (Å²) in [4.78, 5) is 23.8. The van der Waals surface area contributed by atoms with Crippen molar-refractivity contribution in [2.45, 2.75) is 13.3 Å². The van der Waals surface area contributed by atoms with Gasteiger partial charge in [-0.1, -0.05) is 23.7 Å². The van der Waals surface area contributed by atoms with Crippen LogP contribution in [-0.2, 0) is 11.2 Å². The van der Waals surface area contributed by atoms with Crippen molar-refractivity contribution in [3.8, 4) is 0 Å². The van der Waals surface area contributed by atoms with Gasteiger partial charge in [-0.05, 0) is 37.3 Å². The minimum Gasteiger partial charge on any atom is -0.352 e. The van der Waals surface area contributed by atoms with Crippen molar-refractivity contribution < 1.29 is 14.0 Å². The first-order chi connectivity index (χ1) is 11.0. The molecule has 0 aliphatic rings. The average molecular weight is 335 g/mol. The number of carbonyl (C=O) groups is 2. The van der Waals surface area contributed by atoms with E-state index < -0.39 is 11.7 Å². The number of hydrogen-bond acceptors (Lipinski definition) is 2. The van der Waals surface area contributed by atoms with Gasteiger partial charge < -0.3 is 10.6 Å². The molecule has 2 aromatic rings. The van der Waals surface area contributed by atoms with Gasteiger partial charge in [-0.3, -0.25) is 9.59 Å². The highest BCUT2D eigenvalue weighted by Crippen LogP contribution is 2.20. The second kappa shape index (κ2) is 7.74. The summed E-state index contributed by atoms with van der Waals surface area (Å²) in [6.07, 6.45) is -0.184. The molecule has 0 fully saturated rings. The third-order valence-corrected chi connectivity index (χ3v) is 3.50. The Morgan fingerprint density at radius 3 is 2.61 bits per heavy atom. The van der Waals surface area contributed by atoms with Crippen LogP contribution in [-0.4, -0.2) is 18.4 Å². The first-order valence-corrected chi connectivity index (χ1v) is 7.50. The summed E-state index contributed by atoms with van der Waals surface area (Å²) >= 11 is 5.91. The quantitative estimate of drug-likeness (QED) is 0.880. The minimum absolute atomic E-state index is 0.145. The predicted octanol–water partition coefficient (Wildman–Crippen LogP) is 3.41. The molecule has 0 spiro atoms. The lowest BCUT2D eigenvalue weighted by Crippen LogP contribution is -2.23. The molecule has 0 heterocycles. The number of hydrogen-bond donors (Lipinski definition) is 2. The van der Waals surface area contributed by atoms with Gasteiger partial charge in [0.25, 0.3) is 5.91 Å². The molecule has 0 saturated carbocycles. The van der Waals surface area contributed by atoms with Crippen molar-refractivity contribution in [2.24, 2.45) is 0 Å². The van der Waals surface area contributed by atoms with Crippen LogP contribution < -0.4 is 10.6 Å². The van der Waals surface area contributed by atoms with Crippen molar-refractivity contribution in [1.82, 2.24) is 5.32 Å². The van der Waals surface area contributed by atoms with E-state index in [9.17, 15) is 14.0 Å². The van der Waals surface area contributed by atoms with Crippen LogP contribution in [0.25, 0.3) is 0 Å². The summed E-state index contributed by atoms with van der Waals surface area (Å²) < 4.78 is 13.7. The maximum absolute atomic E-state index is 13.7. The Balaban J connectivity index is 2.09. The molecule has 2 aromatic carbocycles. The molecule has 0 radical (unpaired) electrons. The predicted molar refractivity (Wildman–Crippen MR) is 88.2 cm³/mol. The van der Waals surface area contributed by atoms with E-state index in [2.05, 4.69) is 10.6 Å². The van der Waals surface area contributed by atoms with Crippen molar-refractivity contribution >= 4 is 29.1 Å². The fourth-order valence-electron chi connectivity index (χ4n) is 2.07. The van der Waals surface area contributed by atoms with Crippen LogP contribution in [0.15, 0.2) is 42.5 Å². The maximum atomic E-state index is 13.7. The van der Waals surface area contributed by atoms with E-state index in [1.807, 2.05) is 6.92 Å². The molecule has 0 aliphatic carbocycles. The largest absolute Gasteiger partial charge is 0.352 e. The smallest absolute Gasteiger partial charge is 0.251 e. The lowest BCUT2D eigenvalue weighted by molar-refractivity contribution is -0.115. The highest BCUT2D eigenvalue weighted by molar-refractivity contribution is 6.31. The molecule has 2 N–H and O–H groups in total. The van der Waals surface area contributed by atoms with Gasteiger partial charge in [-0.2, -0.15) is 0 Å². The summed E-state index contributed by atoms with van der Waals surface area (Å²) in [5.74, 6) is -1.16. The first kappa shape index (κ1) is 17.0. The molecule has 0 aromatic heterocycles. The Morgan fingerprint density at radius 2 is 1.91 bits per heavy atom. The zero-order valence-corrected chi connectivity index (χ0v) is 13.3. The van der Waals surface area contributed by atoms with E-state index >= 15 is 0 Å². The number of nitrogens with one attached hydrogen (secondary N) is 2. The molecule has 6 heteroatoms. The SMILES string of the molecule is CCNC(=O)c1cccc(NC(=O)Cc2c(F)cccc2Cl)c1. The van der Waals surface area contributed by atoms with Crippen molar-refractivity contribution in [1.29, 1.82) is 0 Å². The number of anilines is 1. The first-order valence-electron chi connectivity index (χ1n) is 7.12. The maximum Gasteiger partial charge on any atom is 0.251 e. The molecular weight excluding hydrogens is 319 g/mol. The molecule has 0 saturated heterocycles. The van der Waals surface area contributed by atoms with Gasteiger partial charge in [0, 0.05) is 28.4 Å². The number of amides is 2. The third-order valence-electron chi connectivity index (χ3n) is 3.14. The van der Waals surface area contributed by atoms with E-state index in [1.54, 1.807) is 24.3 Å². The Kier molecular flexibility index (Phi) is 5.71.